The van der Waals surface area contributed by atoms with Gasteiger partial charge in [-0.1, -0.05) is 6.07 Å². The third-order valence-corrected chi connectivity index (χ3v) is 3.04. The molecule has 2 atom stereocenters. The van der Waals surface area contributed by atoms with E-state index >= 15 is 0 Å². The molecule has 1 aromatic carbocycles. The molecule has 2 unspecified atom stereocenters. The first-order chi connectivity index (χ1) is 9.08. The maximum Gasteiger partial charge on any atom is 0.255 e. The van der Waals surface area contributed by atoms with Crippen molar-refractivity contribution >= 4 is 17.5 Å². The fourth-order valence-electron chi connectivity index (χ4n) is 2.10. The van der Waals surface area contributed by atoms with Crippen molar-refractivity contribution in [2.75, 3.05) is 13.2 Å². The van der Waals surface area contributed by atoms with Gasteiger partial charge in [-0.25, -0.2) is 0 Å². The second-order valence-corrected chi connectivity index (χ2v) is 5.47. The van der Waals surface area contributed by atoms with Gasteiger partial charge >= 0.3 is 0 Å². The van der Waals surface area contributed by atoms with Crippen molar-refractivity contribution in [3.8, 4) is 11.5 Å². The number of halogens is 1. The van der Waals surface area contributed by atoms with Crippen LogP contribution in [-0.2, 0) is 0 Å². The number of carbonyl (C=O) groups is 1. The van der Waals surface area contributed by atoms with Gasteiger partial charge < -0.3 is 14.8 Å². The number of carbonyl (C=O) groups excluding carboxylic acids is 1. The van der Waals surface area contributed by atoms with Crippen molar-refractivity contribution in [2.24, 2.45) is 0 Å². The molecule has 0 aromatic heterocycles. The van der Waals surface area contributed by atoms with Crippen LogP contribution in [0.4, 0.5) is 0 Å². The average molecular weight is 284 g/mol. The molecular weight excluding hydrogens is 266 g/mol. The van der Waals surface area contributed by atoms with E-state index in [1.165, 1.54) is 0 Å². The third kappa shape index (κ3) is 3.53. The predicted octanol–water partition coefficient (Wildman–Crippen LogP) is 2.59. The van der Waals surface area contributed by atoms with E-state index in [0.29, 0.717) is 30.3 Å². The first kappa shape index (κ1) is 14.0. The van der Waals surface area contributed by atoms with Crippen LogP contribution in [-0.4, -0.2) is 30.5 Å². The lowest BCUT2D eigenvalue weighted by atomic mass is 10.1. The van der Waals surface area contributed by atoms with Crippen molar-refractivity contribution in [3.63, 3.8) is 0 Å². The molecule has 5 heteroatoms. The van der Waals surface area contributed by atoms with Crippen molar-refractivity contribution in [1.29, 1.82) is 0 Å². The van der Waals surface area contributed by atoms with Crippen LogP contribution in [0.1, 0.15) is 30.6 Å². The zero-order valence-corrected chi connectivity index (χ0v) is 11.9. The number of ether oxygens (including phenoxy) is 2. The summed E-state index contributed by atoms with van der Waals surface area (Å²) in [5.41, 5.74) is 0.506. The Labute approximate surface area is 118 Å². The van der Waals surface area contributed by atoms with E-state index in [9.17, 15) is 4.79 Å². The molecule has 0 spiro atoms. The van der Waals surface area contributed by atoms with Gasteiger partial charge in [-0.15, -0.1) is 11.6 Å². The summed E-state index contributed by atoms with van der Waals surface area (Å²) in [4.78, 5) is 12.2. The summed E-state index contributed by atoms with van der Waals surface area (Å²) >= 11 is 5.92. The van der Waals surface area contributed by atoms with Gasteiger partial charge in [0.25, 0.3) is 5.91 Å². The molecule has 19 heavy (non-hydrogen) atoms. The number of alkyl halides is 1. The first-order valence-corrected chi connectivity index (χ1v) is 6.85. The Bertz CT molecular complexity index is 462. The lowest BCUT2D eigenvalue weighted by Crippen LogP contribution is -2.34. The highest BCUT2D eigenvalue weighted by Crippen LogP contribution is 2.33. The number of hydrogen-bond acceptors (Lipinski definition) is 3. The molecule has 1 N–H and O–H groups in total. The molecule has 0 saturated heterocycles. The smallest absolute Gasteiger partial charge is 0.255 e. The van der Waals surface area contributed by atoms with Crippen LogP contribution >= 0.6 is 11.6 Å². The Morgan fingerprint density at radius 1 is 1.37 bits per heavy atom. The molecule has 1 heterocycles. The number of benzene rings is 1. The molecule has 1 aromatic rings. The number of fused-ring (bicyclic) bond motifs is 1. The molecular formula is C14H18ClNO3. The van der Waals surface area contributed by atoms with Gasteiger partial charge in [0, 0.05) is 11.4 Å². The summed E-state index contributed by atoms with van der Waals surface area (Å²) in [7, 11) is 0. The summed E-state index contributed by atoms with van der Waals surface area (Å²) < 4.78 is 11.0. The summed E-state index contributed by atoms with van der Waals surface area (Å²) in [6.07, 6.45) is 0.722. The monoisotopic (exact) mass is 283 g/mol. The molecule has 104 valence electrons. The molecule has 0 bridgehead atoms. The summed E-state index contributed by atoms with van der Waals surface area (Å²) in [6, 6.07) is 5.34. The Balaban J connectivity index is 2.11. The SMILES string of the molecule is CC(Cl)CC(C)NC(=O)c1cccc2c1OCCO2. The molecule has 0 aliphatic carbocycles. The second kappa shape index (κ2) is 6.15. The van der Waals surface area contributed by atoms with Crippen LogP contribution in [0, 0.1) is 0 Å². The van der Waals surface area contributed by atoms with Crippen LogP contribution in [0.25, 0.3) is 0 Å². The molecule has 1 aliphatic heterocycles. The molecule has 0 saturated carbocycles. The summed E-state index contributed by atoms with van der Waals surface area (Å²) in [6.45, 7) is 4.82. The Hall–Kier alpha value is -1.42. The normalized spacial score (nSPS) is 16.6. The molecule has 1 amide bonds. The largest absolute Gasteiger partial charge is 0.486 e. The van der Waals surface area contributed by atoms with Gasteiger partial charge in [-0.3, -0.25) is 4.79 Å². The minimum Gasteiger partial charge on any atom is -0.486 e. The Morgan fingerprint density at radius 3 is 2.84 bits per heavy atom. The van der Waals surface area contributed by atoms with E-state index in [0.717, 1.165) is 6.42 Å². The van der Waals surface area contributed by atoms with E-state index in [1.807, 2.05) is 13.8 Å². The Kier molecular flexibility index (Phi) is 4.53. The minimum atomic E-state index is -0.160. The summed E-state index contributed by atoms with van der Waals surface area (Å²) in [5.74, 6) is 0.988. The number of para-hydroxylation sites is 1. The van der Waals surface area contributed by atoms with Crippen LogP contribution in [0.2, 0.25) is 0 Å². The highest BCUT2D eigenvalue weighted by atomic mass is 35.5. The predicted molar refractivity (Wildman–Crippen MR) is 74.3 cm³/mol. The van der Waals surface area contributed by atoms with Crippen LogP contribution in [0.3, 0.4) is 0 Å². The third-order valence-electron chi connectivity index (χ3n) is 2.87. The molecule has 4 nitrogen and oxygen atoms in total. The van der Waals surface area contributed by atoms with Gasteiger partial charge in [-0.2, -0.15) is 0 Å². The van der Waals surface area contributed by atoms with Crippen molar-refractivity contribution < 1.29 is 14.3 Å². The topological polar surface area (TPSA) is 47.6 Å². The zero-order chi connectivity index (χ0) is 13.8. The lowest BCUT2D eigenvalue weighted by Gasteiger charge is -2.21. The van der Waals surface area contributed by atoms with Gasteiger partial charge in [-0.05, 0) is 32.4 Å². The lowest BCUT2D eigenvalue weighted by molar-refractivity contribution is 0.0927. The first-order valence-electron chi connectivity index (χ1n) is 6.41. The van der Waals surface area contributed by atoms with Crippen molar-refractivity contribution in [2.45, 2.75) is 31.7 Å². The van der Waals surface area contributed by atoms with E-state index in [1.54, 1.807) is 18.2 Å². The quantitative estimate of drug-likeness (QED) is 0.864. The highest BCUT2D eigenvalue weighted by Gasteiger charge is 2.21. The Morgan fingerprint density at radius 2 is 2.11 bits per heavy atom. The fourth-order valence-corrected chi connectivity index (χ4v) is 2.37. The number of nitrogens with one attached hydrogen (secondary N) is 1. The van der Waals surface area contributed by atoms with E-state index in [4.69, 9.17) is 21.1 Å². The highest BCUT2D eigenvalue weighted by molar-refractivity contribution is 6.20. The molecule has 0 radical (unpaired) electrons. The van der Waals surface area contributed by atoms with E-state index in [2.05, 4.69) is 5.32 Å². The average Bonchev–Trinajstić information content (AvgIpc) is 2.36. The van der Waals surface area contributed by atoms with Crippen LogP contribution in [0.15, 0.2) is 18.2 Å². The maximum absolute atomic E-state index is 12.2. The maximum atomic E-state index is 12.2. The number of rotatable bonds is 4. The van der Waals surface area contributed by atoms with E-state index < -0.39 is 0 Å². The van der Waals surface area contributed by atoms with E-state index in [-0.39, 0.29) is 17.3 Å². The summed E-state index contributed by atoms with van der Waals surface area (Å²) in [5, 5.41) is 2.95. The van der Waals surface area contributed by atoms with Crippen LogP contribution in [0.5, 0.6) is 11.5 Å². The van der Waals surface area contributed by atoms with Gasteiger partial charge in [0.05, 0.1) is 5.56 Å². The standard InChI is InChI=1S/C14H18ClNO3/c1-9(15)8-10(2)16-14(17)11-4-3-5-12-13(11)19-7-6-18-12/h3-5,9-10H,6-8H2,1-2H3,(H,16,17). The minimum absolute atomic E-state index is 0.0142. The van der Waals surface area contributed by atoms with Gasteiger partial charge in [0.15, 0.2) is 11.5 Å². The van der Waals surface area contributed by atoms with Gasteiger partial charge in [0.1, 0.15) is 13.2 Å². The second-order valence-electron chi connectivity index (χ2n) is 4.72. The van der Waals surface area contributed by atoms with Crippen molar-refractivity contribution in [3.05, 3.63) is 23.8 Å². The number of amides is 1. The molecule has 0 fully saturated rings. The van der Waals surface area contributed by atoms with Crippen molar-refractivity contribution in [1.82, 2.24) is 5.32 Å². The molecule has 1 aliphatic rings. The molecule has 2 rings (SSSR count). The van der Waals surface area contributed by atoms with Gasteiger partial charge in [0.2, 0.25) is 0 Å². The fraction of sp³-hybridized carbons (Fsp3) is 0.500. The number of hydrogen-bond donors (Lipinski definition) is 1. The van der Waals surface area contributed by atoms with Crippen LogP contribution < -0.4 is 14.8 Å². The zero-order valence-electron chi connectivity index (χ0n) is 11.1.